The largest absolute Gasteiger partial charge is 0.294 e. The molecule has 0 spiro atoms. The van der Waals surface area contributed by atoms with Crippen LogP contribution in [0.4, 0.5) is 0 Å². The van der Waals surface area contributed by atoms with Crippen molar-refractivity contribution < 1.29 is 0 Å². The quantitative estimate of drug-likeness (QED) is 0.439. The molecule has 0 aliphatic carbocycles. The SMILES string of the molecule is CC(C)CC(Cl)N(C)C. The molecule has 0 aromatic heterocycles. The van der Waals surface area contributed by atoms with E-state index in [0.717, 1.165) is 6.42 Å². The molecule has 0 amide bonds. The lowest BCUT2D eigenvalue weighted by Crippen LogP contribution is -2.23. The van der Waals surface area contributed by atoms with Crippen molar-refractivity contribution in [3.8, 4) is 0 Å². The van der Waals surface area contributed by atoms with Crippen molar-refractivity contribution >= 4 is 11.6 Å². The molecule has 0 aliphatic heterocycles. The molecule has 0 saturated carbocycles. The monoisotopic (exact) mass is 149 g/mol. The van der Waals surface area contributed by atoms with Crippen LogP contribution in [0.5, 0.6) is 0 Å². The average Bonchev–Trinajstić information content (AvgIpc) is 1.63. The summed E-state index contributed by atoms with van der Waals surface area (Å²) in [6, 6.07) is 0. The third kappa shape index (κ3) is 4.73. The van der Waals surface area contributed by atoms with E-state index in [2.05, 4.69) is 13.8 Å². The van der Waals surface area contributed by atoms with Gasteiger partial charge in [-0.25, -0.2) is 0 Å². The Hall–Kier alpha value is 0.250. The van der Waals surface area contributed by atoms with Crippen LogP contribution in [0.3, 0.4) is 0 Å². The van der Waals surface area contributed by atoms with Crippen LogP contribution in [0, 0.1) is 5.92 Å². The van der Waals surface area contributed by atoms with E-state index in [9.17, 15) is 0 Å². The molecule has 1 nitrogen and oxygen atoms in total. The van der Waals surface area contributed by atoms with E-state index >= 15 is 0 Å². The highest BCUT2D eigenvalue weighted by atomic mass is 35.5. The number of nitrogens with zero attached hydrogens (tertiary/aromatic N) is 1. The highest BCUT2D eigenvalue weighted by molar-refractivity contribution is 6.20. The highest BCUT2D eigenvalue weighted by Crippen LogP contribution is 2.11. The van der Waals surface area contributed by atoms with E-state index in [1.807, 2.05) is 19.0 Å². The zero-order valence-corrected chi connectivity index (χ0v) is 7.44. The zero-order valence-electron chi connectivity index (χ0n) is 6.69. The first-order valence-electron chi connectivity index (χ1n) is 3.34. The molecule has 0 N–H and O–H groups in total. The molecule has 2 heteroatoms. The zero-order chi connectivity index (χ0) is 7.44. The summed E-state index contributed by atoms with van der Waals surface area (Å²) in [6.45, 7) is 4.36. The van der Waals surface area contributed by atoms with Crippen LogP contribution in [0.15, 0.2) is 0 Å². The van der Waals surface area contributed by atoms with Gasteiger partial charge >= 0.3 is 0 Å². The summed E-state index contributed by atoms with van der Waals surface area (Å²) in [5, 5.41) is 0. The van der Waals surface area contributed by atoms with E-state index in [1.165, 1.54) is 0 Å². The maximum atomic E-state index is 5.94. The second-order valence-corrected chi connectivity index (χ2v) is 3.53. The van der Waals surface area contributed by atoms with Gasteiger partial charge in [0.25, 0.3) is 0 Å². The fraction of sp³-hybridized carbons (Fsp3) is 1.00. The Morgan fingerprint density at radius 1 is 1.33 bits per heavy atom. The molecule has 56 valence electrons. The van der Waals surface area contributed by atoms with Gasteiger partial charge in [-0.2, -0.15) is 0 Å². The van der Waals surface area contributed by atoms with Crippen molar-refractivity contribution in [2.24, 2.45) is 5.92 Å². The van der Waals surface area contributed by atoms with Gasteiger partial charge in [-0.3, -0.25) is 4.90 Å². The molecule has 0 bridgehead atoms. The smallest absolute Gasteiger partial charge is 0.0847 e. The fourth-order valence-corrected chi connectivity index (χ4v) is 0.956. The molecule has 0 radical (unpaired) electrons. The van der Waals surface area contributed by atoms with Crippen molar-refractivity contribution in [3.63, 3.8) is 0 Å². The Bertz CT molecular complexity index is 71.3. The lowest BCUT2D eigenvalue weighted by molar-refractivity contribution is 0.332. The first-order valence-corrected chi connectivity index (χ1v) is 3.78. The maximum absolute atomic E-state index is 5.94. The fourth-order valence-electron chi connectivity index (χ4n) is 0.600. The van der Waals surface area contributed by atoms with Gasteiger partial charge in [-0.15, -0.1) is 11.6 Å². The molecular weight excluding hydrogens is 134 g/mol. The van der Waals surface area contributed by atoms with Gasteiger partial charge < -0.3 is 0 Å². The summed E-state index contributed by atoms with van der Waals surface area (Å²) in [5.74, 6) is 0.690. The Labute approximate surface area is 63.0 Å². The molecule has 1 atom stereocenters. The van der Waals surface area contributed by atoms with Gasteiger partial charge in [0, 0.05) is 0 Å². The number of rotatable bonds is 3. The van der Waals surface area contributed by atoms with Crippen molar-refractivity contribution in [2.45, 2.75) is 25.8 Å². The molecule has 1 unspecified atom stereocenters. The van der Waals surface area contributed by atoms with Crippen LogP contribution in [0.1, 0.15) is 20.3 Å². The van der Waals surface area contributed by atoms with Crippen LogP contribution in [-0.2, 0) is 0 Å². The average molecular weight is 150 g/mol. The topological polar surface area (TPSA) is 3.24 Å². The van der Waals surface area contributed by atoms with Gasteiger partial charge in [-0.1, -0.05) is 13.8 Å². The predicted octanol–water partition coefficient (Wildman–Crippen LogP) is 2.16. The minimum absolute atomic E-state index is 0.199. The molecule has 9 heavy (non-hydrogen) atoms. The molecule has 0 rings (SSSR count). The summed E-state index contributed by atoms with van der Waals surface area (Å²) in [4.78, 5) is 2.03. The normalized spacial score (nSPS) is 15.0. The Kier molecular flexibility index (Phi) is 4.24. The Morgan fingerprint density at radius 3 is 1.89 bits per heavy atom. The van der Waals surface area contributed by atoms with Crippen LogP contribution in [0.2, 0.25) is 0 Å². The van der Waals surface area contributed by atoms with Crippen LogP contribution >= 0.6 is 11.6 Å². The van der Waals surface area contributed by atoms with Crippen LogP contribution in [-0.4, -0.2) is 24.5 Å². The van der Waals surface area contributed by atoms with Crippen molar-refractivity contribution in [1.29, 1.82) is 0 Å². The molecular formula is C7H16ClN. The summed E-state index contributed by atoms with van der Waals surface area (Å²) < 4.78 is 0. The van der Waals surface area contributed by atoms with E-state index < -0.39 is 0 Å². The molecule has 0 aromatic rings. The standard InChI is InChI=1S/C7H16ClN/c1-6(2)5-7(8)9(3)4/h6-7H,5H2,1-4H3. The van der Waals surface area contributed by atoms with Crippen LogP contribution in [0.25, 0.3) is 0 Å². The highest BCUT2D eigenvalue weighted by Gasteiger charge is 2.07. The van der Waals surface area contributed by atoms with E-state index in [-0.39, 0.29) is 5.50 Å². The number of alkyl halides is 1. The Morgan fingerprint density at radius 2 is 1.78 bits per heavy atom. The molecule has 0 fully saturated rings. The Balaban J connectivity index is 3.38. The minimum Gasteiger partial charge on any atom is -0.294 e. The third-order valence-corrected chi connectivity index (χ3v) is 1.79. The van der Waals surface area contributed by atoms with Gasteiger partial charge in [-0.05, 0) is 26.4 Å². The maximum Gasteiger partial charge on any atom is 0.0847 e. The van der Waals surface area contributed by atoms with E-state index in [4.69, 9.17) is 11.6 Å². The van der Waals surface area contributed by atoms with Gasteiger partial charge in [0.15, 0.2) is 0 Å². The lowest BCUT2D eigenvalue weighted by Gasteiger charge is -2.18. The summed E-state index contributed by atoms with van der Waals surface area (Å²) >= 11 is 5.94. The van der Waals surface area contributed by atoms with E-state index in [1.54, 1.807) is 0 Å². The van der Waals surface area contributed by atoms with Crippen molar-refractivity contribution in [3.05, 3.63) is 0 Å². The summed E-state index contributed by atoms with van der Waals surface area (Å²) in [5.41, 5.74) is 0.199. The molecule has 0 heterocycles. The molecule has 0 aliphatic rings. The molecule has 0 aromatic carbocycles. The first-order chi connectivity index (χ1) is 4.04. The van der Waals surface area contributed by atoms with Gasteiger partial charge in [0.2, 0.25) is 0 Å². The first kappa shape index (κ1) is 9.25. The second-order valence-electron chi connectivity index (χ2n) is 3.03. The van der Waals surface area contributed by atoms with Crippen molar-refractivity contribution in [1.82, 2.24) is 4.90 Å². The third-order valence-electron chi connectivity index (χ3n) is 1.23. The number of halogens is 1. The summed E-state index contributed by atoms with van der Waals surface area (Å²) in [7, 11) is 4.00. The minimum atomic E-state index is 0.199. The second kappa shape index (κ2) is 4.13. The molecule has 0 saturated heterocycles. The lowest BCUT2D eigenvalue weighted by atomic mass is 10.1. The van der Waals surface area contributed by atoms with Crippen molar-refractivity contribution in [2.75, 3.05) is 14.1 Å². The van der Waals surface area contributed by atoms with Gasteiger partial charge in [0.05, 0.1) is 5.50 Å². The van der Waals surface area contributed by atoms with Gasteiger partial charge in [0.1, 0.15) is 0 Å². The number of hydrogen-bond donors (Lipinski definition) is 0. The predicted molar refractivity (Wildman–Crippen MR) is 42.8 cm³/mol. The van der Waals surface area contributed by atoms with Crippen LogP contribution < -0.4 is 0 Å². The number of hydrogen-bond acceptors (Lipinski definition) is 1. The summed E-state index contributed by atoms with van der Waals surface area (Å²) in [6.07, 6.45) is 1.06. The van der Waals surface area contributed by atoms with E-state index in [0.29, 0.717) is 5.92 Å².